The molecule has 0 amide bonds. The lowest BCUT2D eigenvalue weighted by Gasteiger charge is -2.36. The van der Waals surface area contributed by atoms with Gasteiger partial charge in [-0.3, -0.25) is 4.79 Å². The van der Waals surface area contributed by atoms with Gasteiger partial charge >= 0.3 is 0 Å². The number of rotatable bonds is 5. The molecule has 3 heteroatoms. The van der Waals surface area contributed by atoms with Gasteiger partial charge in [0.15, 0.2) is 5.78 Å². The van der Waals surface area contributed by atoms with Crippen LogP contribution in [-0.4, -0.2) is 18.4 Å². The highest BCUT2D eigenvalue weighted by Gasteiger charge is 2.30. The lowest BCUT2D eigenvalue weighted by Crippen LogP contribution is -3.00. The average Bonchev–Trinajstić information content (AvgIpc) is 2.54. The number of ketones is 1. The predicted molar refractivity (Wildman–Crippen MR) is 106 cm³/mol. The van der Waals surface area contributed by atoms with Crippen molar-refractivity contribution in [2.75, 3.05) is 6.54 Å². The van der Waals surface area contributed by atoms with Crippen LogP contribution in [-0.2, 0) is 5.41 Å². The standard InChI is InChI=1S/C23H37NO.ClH/c1-22(2,3)18-9-7-17(8-10-18)21(25)15-16-24-20-13-11-19(12-14-20)23(4,5)6;/h7-10,19-20,24H,11-16H2,1-6H3;1H. The number of carbonyl (C=O) groups excluding carboxylic acids is 1. The lowest BCUT2D eigenvalue weighted by molar-refractivity contribution is -0.691. The Hall–Kier alpha value is -0.860. The molecule has 0 aromatic heterocycles. The molecule has 1 aromatic carbocycles. The first-order valence-electron chi connectivity index (χ1n) is 10.0. The summed E-state index contributed by atoms with van der Waals surface area (Å²) in [4.78, 5) is 12.4. The Kier molecular flexibility index (Phi) is 8.35. The van der Waals surface area contributed by atoms with Crippen molar-refractivity contribution in [3.8, 4) is 0 Å². The van der Waals surface area contributed by atoms with Crippen molar-refractivity contribution in [2.45, 2.75) is 85.1 Å². The van der Waals surface area contributed by atoms with Gasteiger partial charge in [0.1, 0.15) is 0 Å². The lowest BCUT2D eigenvalue weighted by atomic mass is 9.71. The maximum absolute atomic E-state index is 12.4. The Bertz CT molecular complexity index is 557. The summed E-state index contributed by atoms with van der Waals surface area (Å²) in [5.41, 5.74) is 2.73. The van der Waals surface area contributed by atoms with Crippen LogP contribution in [0.25, 0.3) is 0 Å². The molecule has 0 heterocycles. The van der Waals surface area contributed by atoms with Gasteiger partial charge in [-0.15, -0.1) is 0 Å². The molecule has 148 valence electrons. The van der Waals surface area contributed by atoms with Crippen LogP contribution in [0.2, 0.25) is 0 Å². The molecule has 2 nitrogen and oxygen atoms in total. The maximum Gasteiger partial charge on any atom is 0.168 e. The highest BCUT2D eigenvalue weighted by molar-refractivity contribution is 5.96. The van der Waals surface area contributed by atoms with Gasteiger partial charge in [0.05, 0.1) is 19.0 Å². The number of hydrogen-bond donors (Lipinski definition) is 1. The van der Waals surface area contributed by atoms with Crippen LogP contribution in [0, 0.1) is 11.3 Å². The molecule has 0 bridgehead atoms. The molecule has 0 spiro atoms. The summed E-state index contributed by atoms with van der Waals surface area (Å²) >= 11 is 0. The van der Waals surface area contributed by atoms with E-state index in [0.717, 1.165) is 24.1 Å². The third-order valence-corrected chi connectivity index (χ3v) is 5.94. The van der Waals surface area contributed by atoms with Crippen molar-refractivity contribution >= 4 is 5.78 Å². The number of carbonyl (C=O) groups is 1. The van der Waals surface area contributed by atoms with Gasteiger partial charge in [-0.2, -0.15) is 0 Å². The van der Waals surface area contributed by atoms with Gasteiger partial charge in [-0.25, -0.2) is 0 Å². The van der Waals surface area contributed by atoms with E-state index in [-0.39, 0.29) is 23.6 Å². The van der Waals surface area contributed by atoms with Crippen LogP contribution in [0.15, 0.2) is 24.3 Å². The van der Waals surface area contributed by atoms with E-state index in [1.54, 1.807) is 0 Å². The highest BCUT2D eigenvalue weighted by Crippen LogP contribution is 2.37. The van der Waals surface area contributed by atoms with Gasteiger partial charge in [-0.1, -0.05) is 65.8 Å². The molecule has 1 aliphatic carbocycles. The molecule has 0 atom stereocenters. The van der Waals surface area contributed by atoms with Crippen molar-refractivity contribution in [1.29, 1.82) is 0 Å². The smallest absolute Gasteiger partial charge is 0.168 e. The van der Waals surface area contributed by atoms with Crippen LogP contribution in [0.5, 0.6) is 0 Å². The fourth-order valence-corrected chi connectivity index (χ4v) is 3.97. The molecule has 1 saturated carbocycles. The summed E-state index contributed by atoms with van der Waals surface area (Å²) in [7, 11) is 0. The zero-order valence-corrected chi connectivity index (χ0v) is 18.3. The van der Waals surface area contributed by atoms with E-state index < -0.39 is 0 Å². The van der Waals surface area contributed by atoms with Crippen LogP contribution in [0.3, 0.4) is 0 Å². The van der Waals surface area contributed by atoms with Crippen LogP contribution in [0.4, 0.5) is 0 Å². The largest absolute Gasteiger partial charge is 1.00 e. The van der Waals surface area contributed by atoms with E-state index >= 15 is 0 Å². The Morgan fingerprint density at radius 1 is 0.962 bits per heavy atom. The molecule has 1 aliphatic rings. The minimum atomic E-state index is 0. The number of hydrogen-bond acceptors (Lipinski definition) is 1. The SMILES string of the molecule is CC(C)(C)c1ccc(C(=O)CC[NH2+]C2CCC(C(C)(C)C)CC2)cc1.[Cl-]. The van der Waals surface area contributed by atoms with Gasteiger partial charge in [0.25, 0.3) is 0 Å². The molecule has 1 aromatic rings. The number of halogens is 1. The van der Waals surface area contributed by atoms with Gasteiger partial charge in [0.2, 0.25) is 0 Å². The first-order chi connectivity index (χ1) is 11.6. The molecule has 2 N–H and O–H groups in total. The summed E-state index contributed by atoms with van der Waals surface area (Å²) in [6.45, 7) is 14.6. The summed E-state index contributed by atoms with van der Waals surface area (Å²) in [6.07, 6.45) is 5.93. The minimum Gasteiger partial charge on any atom is -1.00 e. The molecule has 26 heavy (non-hydrogen) atoms. The van der Waals surface area contributed by atoms with Crippen LogP contribution >= 0.6 is 0 Å². The second-order valence-electron chi connectivity index (χ2n) is 10.0. The molecule has 0 radical (unpaired) electrons. The van der Waals surface area contributed by atoms with E-state index in [1.807, 2.05) is 12.1 Å². The molecule has 0 aliphatic heterocycles. The van der Waals surface area contributed by atoms with Crippen molar-refractivity contribution < 1.29 is 22.5 Å². The molecular formula is C23H38ClNO. The van der Waals surface area contributed by atoms with Crippen molar-refractivity contribution in [2.24, 2.45) is 11.3 Å². The van der Waals surface area contributed by atoms with E-state index in [1.165, 1.54) is 31.2 Å². The van der Waals surface area contributed by atoms with Crippen molar-refractivity contribution in [3.05, 3.63) is 35.4 Å². The van der Waals surface area contributed by atoms with E-state index in [4.69, 9.17) is 0 Å². The Balaban J connectivity index is 0.00000338. The quantitative estimate of drug-likeness (QED) is 0.776. The van der Waals surface area contributed by atoms with E-state index in [9.17, 15) is 4.79 Å². The topological polar surface area (TPSA) is 33.7 Å². The minimum absolute atomic E-state index is 0. The Morgan fingerprint density at radius 2 is 1.50 bits per heavy atom. The molecular weight excluding hydrogens is 342 g/mol. The zero-order valence-electron chi connectivity index (χ0n) is 17.6. The number of quaternary nitrogens is 1. The summed E-state index contributed by atoms with van der Waals surface area (Å²) in [5.74, 6) is 1.14. The maximum atomic E-state index is 12.4. The van der Waals surface area contributed by atoms with Gasteiger partial charge in [-0.05, 0) is 48.0 Å². The zero-order chi connectivity index (χ0) is 18.7. The summed E-state index contributed by atoms with van der Waals surface area (Å²) in [6, 6.07) is 8.92. The number of nitrogens with two attached hydrogens (primary N) is 1. The van der Waals surface area contributed by atoms with Crippen LogP contribution < -0.4 is 17.7 Å². The fourth-order valence-electron chi connectivity index (χ4n) is 3.97. The average molecular weight is 380 g/mol. The highest BCUT2D eigenvalue weighted by atomic mass is 35.5. The second kappa shape index (κ2) is 9.37. The molecule has 0 unspecified atom stereocenters. The van der Waals surface area contributed by atoms with E-state index in [2.05, 4.69) is 59.0 Å². The first kappa shape index (κ1) is 23.2. The molecule has 0 saturated heterocycles. The number of benzene rings is 1. The van der Waals surface area contributed by atoms with Crippen molar-refractivity contribution in [1.82, 2.24) is 0 Å². The fraction of sp³-hybridized carbons (Fsp3) is 0.696. The van der Waals surface area contributed by atoms with Crippen molar-refractivity contribution in [3.63, 3.8) is 0 Å². The third-order valence-electron chi connectivity index (χ3n) is 5.94. The first-order valence-corrected chi connectivity index (χ1v) is 10.0. The third kappa shape index (κ3) is 6.70. The van der Waals surface area contributed by atoms with Crippen LogP contribution in [0.1, 0.15) is 89.6 Å². The van der Waals surface area contributed by atoms with E-state index in [0.29, 0.717) is 11.8 Å². The summed E-state index contributed by atoms with van der Waals surface area (Å²) < 4.78 is 0. The van der Waals surface area contributed by atoms with Gasteiger partial charge < -0.3 is 17.7 Å². The Morgan fingerprint density at radius 3 is 1.96 bits per heavy atom. The monoisotopic (exact) mass is 379 g/mol. The normalized spacial score (nSPS) is 21.2. The van der Waals surface area contributed by atoms with Gasteiger partial charge in [0, 0.05) is 5.56 Å². The number of Topliss-reactive ketones (excluding diaryl/α,β-unsaturated/α-hetero) is 1. The Labute approximate surface area is 166 Å². The molecule has 1 fully saturated rings. The summed E-state index contributed by atoms with van der Waals surface area (Å²) in [5, 5.41) is 2.42. The predicted octanol–water partition coefficient (Wildman–Crippen LogP) is 1.73. The second-order valence-corrected chi connectivity index (χ2v) is 10.0. The molecule has 2 rings (SSSR count).